The fourth-order valence-corrected chi connectivity index (χ4v) is 1.82. The van der Waals surface area contributed by atoms with Crippen LogP contribution in [0.2, 0.25) is 0 Å². The Morgan fingerprint density at radius 3 is 2.21 bits per heavy atom. The zero-order valence-electron chi connectivity index (χ0n) is 10.4. The molecule has 4 heteroatoms. The smallest absolute Gasteiger partial charge is 0.196 e. The molecule has 0 amide bonds. The van der Waals surface area contributed by atoms with Crippen LogP contribution in [0, 0.1) is 31.3 Å². The number of ketones is 1. The van der Waals surface area contributed by atoms with E-state index in [1.54, 1.807) is 6.92 Å². The van der Waals surface area contributed by atoms with Crippen molar-refractivity contribution in [1.29, 1.82) is 0 Å². The fraction of sp³-hybridized carbons (Fsp3) is 0.133. The Kier molecular flexibility index (Phi) is 3.42. The second-order valence-corrected chi connectivity index (χ2v) is 4.37. The Bertz CT molecular complexity index is 663. The highest BCUT2D eigenvalue weighted by Crippen LogP contribution is 2.20. The van der Waals surface area contributed by atoms with Crippen molar-refractivity contribution in [2.45, 2.75) is 13.8 Å². The SMILES string of the molecule is Cc1cc(C(=O)c2cc(F)ccc2C)c(F)cc1F. The lowest BCUT2D eigenvalue weighted by Gasteiger charge is -2.07. The third-order valence-electron chi connectivity index (χ3n) is 2.94. The molecule has 19 heavy (non-hydrogen) atoms. The van der Waals surface area contributed by atoms with E-state index in [2.05, 4.69) is 0 Å². The van der Waals surface area contributed by atoms with E-state index in [0.29, 0.717) is 11.6 Å². The molecule has 0 aliphatic heterocycles. The van der Waals surface area contributed by atoms with Crippen LogP contribution in [0.15, 0.2) is 30.3 Å². The minimum absolute atomic E-state index is 0.0740. The Balaban J connectivity index is 2.56. The van der Waals surface area contributed by atoms with Crippen LogP contribution in [0.1, 0.15) is 27.0 Å². The van der Waals surface area contributed by atoms with Gasteiger partial charge in [0.1, 0.15) is 17.5 Å². The molecule has 0 saturated heterocycles. The van der Waals surface area contributed by atoms with Gasteiger partial charge in [0.2, 0.25) is 0 Å². The molecular weight excluding hydrogens is 253 g/mol. The predicted molar refractivity (Wildman–Crippen MR) is 65.7 cm³/mol. The van der Waals surface area contributed by atoms with Gasteiger partial charge in [-0.05, 0) is 43.2 Å². The molecule has 0 radical (unpaired) electrons. The van der Waals surface area contributed by atoms with Crippen LogP contribution in [0.4, 0.5) is 13.2 Å². The summed E-state index contributed by atoms with van der Waals surface area (Å²) < 4.78 is 40.0. The number of carbonyl (C=O) groups is 1. The van der Waals surface area contributed by atoms with Crippen molar-refractivity contribution in [1.82, 2.24) is 0 Å². The minimum atomic E-state index is -0.947. The van der Waals surface area contributed by atoms with Gasteiger partial charge in [0.25, 0.3) is 0 Å². The summed E-state index contributed by atoms with van der Waals surface area (Å²) in [6.45, 7) is 3.06. The third kappa shape index (κ3) is 2.52. The van der Waals surface area contributed by atoms with Gasteiger partial charge in [-0.25, -0.2) is 13.2 Å². The van der Waals surface area contributed by atoms with E-state index in [4.69, 9.17) is 0 Å². The molecule has 0 heterocycles. The molecule has 0 unspecified atom stereocenters. The lowest BCUT2D eigenvalue weighted by Crippen LogP contribution is -2.08. The van der Waals surface area contributed by atoms with Gasteiger partial charge in [-0.3, -0.25) is 4.79 Å². The Morgan fingerprint density at radius 1 is 0.842 bits per heavy atom. The largest absolute Gasteiger partial charge is 0.288 e. The zero-order chi connectivity index (χ0) is 14.2. The molecule has 2 aromatic rings. The Labute approximate surface area is 108 Å². The minimum Gasteiger partial charge on any atom is -0.288 e. The van der Waals surface area contributed by atoms with Crippen LogP contribution in [0.3, 0.4) is 0 Å². The van der Waals surface area contributed by atoms with Gasteiger partial charge >= 0.3 is 0 Å². The first-order chi connectivity index (χ1) is 8.90. The molecule has 98 valence electrons. The highest BCUT2D eigenvalue weighted by Gasteiger charge is 2.18. The summed E-state index contributed by atoms with van der Waals surface area (Å²) in [5.74, 6) is -2.90. The number of benzene rings is 2. The van der Waals surface area contributed by atoms with Gasteiger partial charge < -0.3 is 0 Å². The molecule has 0 atom stereocenters. The molecule has 0 spiro atoms. The first-order valence-electron chi connectivity index (χ1n) is 5.66. The van der Waals surface area contributed by atoms with Crippen molar-refractivity contribution >= 4 is 5.78 Å². The number of rotatable bonds is 2. The van der Waals surface area contributed by atoms with Crippen LogP contribution in [0.5, 0.6) is 0 Å². The number of hydrogen-bond acceptors (Lipinski definition) is 1. The highest BCUT2D eigenvalue weighted by atomic mass is 19.1. The van der Waals surface area contributed by atoms with Gasteiger partial charge in [-0.1, -0.05) is 6.07 Å². The standard InChI is InChI=1S/C15H11F3O/c1-8-3-4-10(16)6-11(8)15(19)12-5-9(2)13(17)7-14(12)18/h3-7H,1-2H3. The first-order valence-corrected chi connectivity index (χ1v) is 5.66. The quantitative estimate of drug-likeness (QED) is 0.750. The first kappa shape index (κ1) is 13.3. The molecule has 0 fully saturated rings. The van der Waals surface area contributed by atoms with Crippen LogP contribution in [0.25, 0.3) is 0 Å². The van der Waals surface area contributed by atoms with E-state index < -0.39 is 23.2 Å². The van der Waals surface area contributed by atoms with E-state index in [1.807, 2.05) is 0 Å². The number of hydrogen-bond donors (Lipinski definition) is 0. The Hall–Kier alpha value is -2.10. The van der Waals surface area contributed by atoms with E-state index in [-0.39, 0.29) is 16.7 Å². The molecule has 2 rings (SSSR count). The molecule has 2 aromatic carbocycles. The predicted octanol–water partition coefficient (Wildman–Crippen LogP) is 3.95. The third-order valence-corrected chi connectivity index (χ3v) is 2.94. The summed E-state index contributed by atoms with van der Waals surface area (Å²) in [5, 5.41) is 0. The van der Waals surface area contributed by atoms with E-state index in [0.717, 1.165) is 12.1 Å². The van der Waals surface area contributed by atoms with Gasteiger partial charge in [-0.15, -0.1) is 0 Å². The van der Waals surface area contributed by atoms with E-state index in [1.165, 1.54) is 19.1 Å². The molecule has 0 bridgehead atoms. The van der Waals surface area contributed by atoms with Crippen LogP contribution in [-0.4, -0.2) is 5.78 Å². The van der Waals surface area contributed by atoms with E-state index in [9.17, 15) is 18.0 Å². The topological polar surface area (TPSA) is 17.1 Å². The van der Waals surface area contributed by atoms with Crippen LogP contribution in [-0.2, 0) is 0 Å². The van der Waals surface area contributed by atoms with E-state index >= 15 is 0 Å². The van der Waals surface area contributed by atoms with Crippen molar-refractivity contribution in [3.05, 3.63) is 70.0 Å². The maximum atomic E-state index is 13.6. The molecule has 0 aliphatic rings. The van der Waals surface area contributed by atoms with Crippen LogP contribution >= 0.6 is 0 Å². The number of halogens is 3. The monoisotopic (exact) mass is 264 g/mol. The molecule has 1 nitrogen and oxygen atoms in total. The van der Waals surface area contributed by atoms with Crippen LogP contribution < -0.4 is 0 Å². The normalized spacial score (nSPS) is 10.6. The number of aryl methyl sites for hydroxylation is 2. The summed E-state index contributed by atoms with van der Waals surface area (Å²) in [5.41, 5.74) is 0.518. The van der Waals surface area contributed by atoms with Crippen molar-refractivity contribution in [3.8, 4) is 0 Å². The molecule has 0 saturated carbocycles. The molecule has 0 aliphatic carbocycles. The summed E-state index contributed by atoms with van der Waals surface area (Å²) in [6.07, 6.45) is 0. The maximum absolute atomic E-state index is 13.6. The van der Waals surface area contributed by atoms with Crippen molar-refractivity contribution in [2.24, 2.45) is 0 Å². The Morgan fingerprint density at radius 2 is 1.53 bits per heavy atom. The number of carbonyl (C=O) groups excluding carboxylic acids is 1. The van der Waals surface area contributed by atoms with Gasteiger partial charge in [0.15, 0.2) is 5.78 Å². The second-order valence-electron chi connectivity index (χ2n) is 4.37. The van der Waals surface area contributed by atoms with Gasteiger partial charge in [0, 0.05) is 11.6 Å². The second kappa shape index (κ2) is 4.88. The van der Waals surface area contributed by atoms with Crippen molar-refractivity contribution in [3.63, 3.8) is 0 Å². The summed E-state index contributed by atoms with van der Waals surface area (Å²) in [6, 6.07) is 5.51. The van der Waals surface area contributed by atoms with Crippen molar-refractivity contribution in [2.75, 3.05) is 0 Å². The van der Waals surface area contributed by atoms with Gasteiger partial charge in [0.05, 0.1) is 5.56 Å². The lowest BCUT2D eigenvalue weighted by atomic mass is 9.97. The highest BCUT2D eigenvalue weighted by molar-refractivity contribution is 6.10. The lowest BCUT2D eigenvalue weighted by molar-refractivity contribution is 0.103. The fourth-order valence-electron chi connectivity index (χ4n) is 1.82. The average molecular weight is 264 g/mol. The average Bonchev–Trinajstić information content (AvgIpc) is 2.36. The summed E-state index contributed by atoms with van der Waals surface area (Å²) >= 11 is 0. The maximum Gasteiger partial charge on any atom is 0.196 e. The van der Waals surface area contributed by atoms with Gasteiger partial charge in [-0.2, -0.15) is 0 Å². The summed E-state index contributed by atoms with van der Waals surface area (Å²) in [4.78, 5) is 12.2. The molecule has 0 aromatic heterocycles. The summed E-state index contributed by atoms with van der Waals surface area (Å²) in [7, 11) is 0. The van der Waals surface area contributed by atoms with Crippen molar-refractivity contribution < 1.29 is 18.0 Å². The zero-order valence-corrected chi connectivity index (χ0v) is 10.4. The molecule has 0 N–H and O–H groups in total. The molecular formula is C15H11F3O.